The molecule has 1 aromatic rings. The van der Waals surface area contributed by atoms with Crippen LogP contribution in [0.1, 0.15) is 27.2 Å². The summed E-state index contributed by atoms with van der Waals surface area (Å²) >= 11 is 0. The van der Waals surface area contributed by atoms with Gasteiger partial charge in [0.05, 0.1) is 0 Å². The number of rotatable bonds is 4. The molecule has 1 aliphatic heterocycles. The second kappa shape index (κ2) is 5.74. The van der Waals surface area contributed by atoms with Gasteiger partial charge in [-0.05, 0) is 46.2 Å². The summed E-state index contributed by atoms with van der Waals surface area (Å²) in [5.74, 6) is 2.57. The molecule has 0 aliphatic carbocycles. The molecular formula is C14H25N5. The molecule has 1 atom stereocenters. The average molecular weight is 263 g/mol. The van der Waals surface area contributed by atoms with Gasteiger partial charge in [-0.1, -0.05) is 0 Å². The van der Waals surface area contributed by atoms with Crippen molar-refractivity contribution in [1.82, 2.24) is 15.3 Å². The van der Waals surface area contributed by atoms with Crippen molar-refractivity contribution in [3.05, 3.63) is 12.4 Å². The van der Waals surface area contributed by atoms with Crippen LogP contribution < -0.4 is 15.5 Å². The Morgan fingerprint density at radius 1 is 1.42 bits per heavy atom. The first-order chi connectivity index (χ1) is 8.97. The molecule has 0 aromatic carbocycles. The van der Waals surface area contributed by atoms with Crippen molar-refractivity contribution in [3.63, 3.8) is 0 Å². The highest BCUT2D eigenvalue weighted by molar-refractivity contribution is 5.49. The summed E-state index contributed by atoms with van der Waals surface area (Å²) in [5.41, 5.74) is 0.0565. The van der Waals surface area contributed by atoms with Crippen molar-refractivity contribution in [2.24, 2.45) is 5.92 Å². The Balaban J connectivity index is 1.98. The van der Waals surface area contributed by atoms with Gasteiger partial charge in [-0.15, -0.1) is 0 Å². The highest BCUT2D eigenvalue weighted by atomic mass is 15.2. The van der Waals surface area contributed by atoms with E-state index in [0.29, 0.717) is 5.92 Å². The van der Waals surface area contributed by atoms with E-state index < -0.39 is 0 Å². The molecule has 0 saturated carbocycles. The van der Waals surface area contributed by atoms with Crippen LogP contribution >= 0.6 is 0 Å². The summed E-state index contributed by atoms with van der Waals surface area (Å²) in [4.78, 5) is 10.8. The Bertz CT molecular complexity index is 407. The normalized spacial score (nSPS) is 19.5. The van der Waals surface area contributed by atoms with Crippen LogP contribution in [-0.2, 0) is 0 Å². The van der Waals surface area contributed by atoms with Gasteiger partial charge in [-0.2, -0.15) is 0 Å². The SMILES string of the molecule is CN(c1cc(NCC2CCNC2)ncn1)C(C)(C)C. The van der Waals surface area contributed by atoms with Crippen molar-refractivity contribution in [2.45, 2.75) is 32.7 Å². The van der Waals surface area contributed by atoms with E-state index in [1.807, 2.05) is 6.07 Å². The lowest BCUT2D eigenvalue weighted by Gasteiger charge is -2.33. The molecule has 19 heavy (non-hydrogen) atoms. The van der Waals surface area contributed by atoms with E-state index in [-0.39, 0.29) is 5.54 Å². The van der Waals surface area contributed by atoms with Gasteiger partial charge in [0, 0.05) is 25.2 Å². The molecule has 0 bridgehead atoms. The molecule has 2 heterocycles. The van der Waals surface area contributed by atoms with Gasteiger partial charge in [0.2, 0.25) is 0 Å². The third kappa shape index (κ3) is 3.80. The topological polar surface area (TPSA) is 53.1 Å². The quantitative estimate of drug-likeness (QED) is 0.866. The van der Waals surface area contributed by atoms with Crippen LogP contribution in [-0.4, -0.2) is 42.2 Å². The molecule has 2 N–H and O–H groups in total. The lowest BCUT2D eigenvalue weighted by atomic mass is 10.1. The molecule has 1 aromatic heterocycles. The van der Waals surface area contributed by atoms with Gasteiger partial charge in [-0.25, -0.2) is 9.97 Å². The molecule has 1 aliphatic rings. The second-order valence-electron chi connectivity index (χ2n) is 6.23. The van der Waals surface area contributed by atoms with E-state index in [2.05, 4.69) is 53.3 Å². The number of nitrogens with one attached hydrogen (secondary N) is 2. The summed E-state index contributed by atoms with van der Waals surface area (Å²) in [6, 6.07) is 2.02. The first-order valence-electron chi connectivity index (χ1n) is 6.97. The van der Waals surface area contributed by atoms with Crippen LogP contribution in [0.25, 0.3) is 0 Å². The maximum Gasteiger partial charge on any atom is 0.134 e. The van der Waals surface area contributed by atoms with Crippen molar-refractivity contribution in [1.29, 1.82) is 0 Å². The summed E-state index contributed by atoms with van der Waals surface area (Å²) < 4.78 is 0. The van der Waals surface area contributed by atoms with E-state index in [1.54, 1.807) is 6.33 Å². The molecule has 0 amide bonds. The van der Waals surface area contributed by atoms with E-state index in [4.69, 9.17) is 0 Å². The van der Waals surface area contributed by atoms with Crippen LogP contribution in [0.4, 0.5) is 11.6 Å². The summed E-state index contributed by atoms with van der Waals surface area (Å²) in [6.07, 6.45) is 2.87. The van der Waals surface area contributed by atoms with E-state index >= 15 is 0 Å². The first-order valence-corrected chi connectivity index (χ1v) is 6.97. The molecule has 0 radical (unpaired) electrons. The molecule has 106 valence electrons. The number of aromatic nitrogens is 2. The number of hydrogen-bond donors (Lipinski definition) is 2. The van der Waals surface area contributed by atoms with E-state index in [1.165, 1.54) is 6.42 Å². The minimum Gasteiger partial charge on any atom is -0.370 e. The molecule has 5 nitrogen and oxygen atoms in total. The van der Waals surface area contributed by atoms with Crippen LogP contribution in [0.3, 0.4) is 0 Å². The lowest BCUT2D eigenvalue weighted by Crippen LogP contribution is -2.38. The van der Waals surface area contributed by atoms with Gasteiger partial charge in [0.15, 0.2) is 0 Å². The van der Waals surface area contributed by atoms with Crippen LogP contribution in [0.15, 0.2) is 12.4 Å². The van der Waals surface area contributed by atoms with E-state index in [0.717, 1.165) is 31.3 Å². The Labute approximate surface area is 115 Å². The molecule has 1 saturated heterocycles. The molecule has 1 fully saturated rings. The van der Waals surface area contributed by atoms with Gasteiger partial charge < -0.3 is 15.5 Å². The maximum atomic E-state index is 4.35. The predicted molar refractivity (Wildman–Crippen MR) is 79.7 cm³/mol. The number of hydrogen-bond acceptors (Lipinski definition) is 5. The zero-order valence-corrected chi connectivity index (χ0v) is 12.4. The third-order valence-corrected chi connectivity index (χ3v) is 3.74. The molecule has 0 spiro atoms. The molecule has 2 rings (SSSR count). The van der Waals surface area contributed by atoms with Crippen LogP contribution in [0.5, 0.6) is 0 Å². The summed E-state index contributed by atoms with van der Waals surface area (Å²) in [6.45, 7) is 9.73. The standard InChI is InChI=1S/C14H25N5/c1-14(2,3)19(4)13-7-12(17-10-18-13)16-9-11-5-6-15-8-11/h7,10-11,15H,5-6,8-9H2,1-4H3,(H,16,17,18). The van der Waals surface area contributed by atoms with Crippen molar-refractivity contribution in [3.8, 4) is 0 Å². The van der Waals surface area contributed by atoms with Crippen LogP contribution in [0, 0.1) is 5.92 Å². The fourth-order valence-electron chi connectivity index (χ4n) is 2.11. The number of anilines is 2. The molecule has 1 unspecified atom stereocenters. The predicted octanol–water partition coefficient (Wildman–Crippen LogP) is 1.73. The molecule has 5 heteroatoms. The zero-order valence-electron chi connectivity index (χ0n) is 12.4. The third-order valence-electron chi connectivity index (χ3n) is 3.74. The maximum absolute atomic E-state index is 4.35. The van der Waals surface area contributed by atoms with Crippen molar-refractivity contribution >= 4 is 11.6 Å². The lowest BCUT2D eigenvalue weighted by molar-refractivity contribution is 0.533. The Morgan fingerprint density at radius 3 is 2.84 bits per heavy atom. The van der Waals surface area contributed by atoms with E-state index in [9.17, 15) is 0 Å². The molecular weight excluding hydrogens is 238 g/mol. The smallest absolute Gasteiger partial charge is 0.134 e. The number of nitrogens with zero attached hydrogens (tertiary/aromatic N) is 3. The Morgan fingerprint density at radius 2 is 2.21 bits per heavy atom. The summed E-state index contributed by atoms with van der Waals surface area (Å²) in [5, 5.41) is 6.79. The fraction of sp³-hybridized carbons (Fsp3) is 0.714. The fourth-order valence-corrected chi connectivity index (χ4v) is 2.11. The second-order valence-corrected chi connectivity index (χ2v) is 6.23. The van der Waals surface area contributed by atoms with Gasteiger partial charge >= 0.3 is 0 Å². The first kappa shape index (κ1) is 14.1. The monoisotopic (exact) mass is 263 g/mol. The van der Waals surface area contributed by atoms with Crippen molar-refractivity contribution < 1.29 is 0 Å². The minimum absolute atomic E-state index is 0.0565. The highest BCUT2D eigenvalue weighted by Crippen LogP contribution is 2.21. The largest absolute Gasteiger partial charge is 0.370 e. The van der Waals surface area contributed by atoms with Gasteiger partial charge in [-0.3, -0.25) is 0 Å². The Hall–Kier alpha value is -1.36. The highest BCUT2D eigenvalue weighted by Gasteiger charge is 2.19. The van der Waals surface area contributed by atoms with Crippen molar-refractivity contribution in [2.75, 3.05) is 36.9 Å². The van der Waals surface area contributed by atoms with Gasteiger partial charge in [0.1, 0.15) is 18.0 Å². The van der Waals surface area contributed by atoms with Crippen LogP contribution in [0.2, 0.25) is 0 Å². The van der Waals surface area contributed by atoms with Gasteiger partial charge in [0.25, 0.3) is 0 Å². The average Bonchev–Trinajstić information content (AvgIpc) is 2.88. The Kier molecular flexibility index (Phi) is 4.24. The zero-order chi connectivity index (χ0) is 13.9. The minimum atomic E-state index is 0.0565. The summed E-state index contributed by atoms with van der Waals surface area (Å²) in [7, 11) is 2.06.